The first-order chi connectivity index (χ1) is 10.8. The van der Waals surface area contributed by atoms with Crippen molar-refractivity contribution in [3.05, 3.63) is 83.9 Å². The van der Waals surface area contributed by atoms with Crippen LogP contribution < -0.4 is 24.8 Å². The van der Waals surface area contributed by atoms with Gasteiger partial charge in [0.15, 0.2) is 0 Å². The molecule has 0 nitrogen and oxygen atoms in total. The molecule has 4 aromatic rings. The molecule has 0 bridgehead atoms. The zero-order chi connectivity index (χ0) is 15.9. The monoisotopic (exact) mass is 432 g/mol. The Kier molecular flexibility index (Phi) is 11.0. The molecule has 0 amide bonds. The van der Waals surface area contributed by atoms with Crippen molar-refractivity contribution in [2.24, 2.45) is 0 Å². The molecule has 0 aliphatic rings. The maximum Gasteiger partial charge on any atom is -1.00 e. The number of benzene rings is 2. The number of rotatable bonds is 0. The fourth-order valence-corrected chi connectivity index (χ4v) is 2.61. The first-order valence-corrected chi connectivity index (χ1v) is 9.07. The summed E-state index contributed by atoms with van der Waals surface area (Å²) >= 11 is 1.30. The van der Waals surface area contributed by atoms with Gasteiger partial charge in [-0.2, -0.15) is 23.3 Å². The molecule has 0 aliphatic heterocycles. The van der Waals surface area contributed by atoms with E-state index in [2.05, 4.69) is 90.9 Å². The van der Waals surface area contributed by atoms with Crippen LogP contribution in [0.5, 0.6) is 0 Å². The molecule has 0 spiro atoms. The van der Waals surface area contributed by atoms with Gasteiger partial charge in [-0.25, -0.2) is 0 Å². The van der Waals surface area contributed by atoms with E-state index in [0.717, 1.165) is 0 Å². The second kappa shape index (κ2) is 11.5. The predicted octanol–water partition coefficient (Wildman–Crippen LogP) is -0.293. The minimum Gasteiger partial charge on any atom is -1.00 e. The minimum atomic E-state index is 0. The molecule has 0 atom stereocenters. The van der Waals surface area contributed by atoms with Gasteiger partial charge in [-0.15, -0.1) is 70.1 Å². The van der Waals surface area contributed by atoms with Crippen molar-refractivity contribution in [2.45, 2.75) is 13.8 Å². The Morgan fingerprint density at radius 1 is 0.667 bits per heavy atom. The van der Waals surface area contributed by atoms with Gasteiger partial charge in [0.1, 0.15) is 0 Å². The summed E-state index contributed by atoms with van der Waals surface area (Å²) in [6.07, 6.45) is 0. The largest absolute Gasteiger partial charge is 1.00 e. The van der Waals surface area contributed by atoms with Gasteiger partial charge in [0.25, 0.3) is 0 Å². The summed E-state index contributed by atoms with van der Waals surface area (Å²) in [6, 6.07) is 25.5. The molecule has 0 N–H and O–H groups in total. The molecule has 0 heterocycles. The van der Waals surface area contributed by atoms with Crippen molar-refractivity contribution in [1.82, 2.24) is 0 Å². The summed E-state index contributed by atoms with van der Waals surface area (Å²) in [5.41, 5.74) is 2.74. The van der Waals surface area contributed by atoms with Crippen molar-refractivity contribution in [3.8, 4) is 0 Å². The van der Waals surface area contributed by atoms with Gasteiger partial charge >= 0.3 is 28.4 Å². The van der Waals surface area contributed by atoms with E-state index < -0.39 is 0 Å². The van der Waals surface area contributed by atoms with Crippen LogP contribution in [0.1, 0.15) is 11.1 Å². The average molecular weight is 435 g/mol. The van der Waals surface area contributed by atoms with Gasteiger partial charge in [0.05, 0.1) is 0 Å². The van der Waals surface area contributed by atoms with Crippen molar-refractivity contribution in [2.75, 3.05) is 0 Å². The van der Waals surface area contributed by atoms with Crippen molar-refractivity contribution < 1.29 is 49.0 Å². The molecule has 4 aromatic carbocycles. The summed E-state index contributed by atoms with van der Waals surface area (Å²) in [6.45, 7) is 4.28. The predicted molar refractivity (Wildman–Crippen MR) is 95.7 cm³/mol. The molecule has 124 valence electrons. The third-order valence-electron chi connectivity index (χ3n) is 3.80. The van der Waals surface area contributed by atoms with Gasteiger partial charge in [-0.05, 0) is 0 Å². The topological polar surface area (TPSA) is 0 Å². The van der Waals surface area contributed by atoms with Gasteiger partial charge in [0, 0.05) is 0 Å². The van der Waals surface area contributed by atoms with Crippen LogP contribution in [0.2, 0.25) is 0 Å². The second-order valence-electron chi connectivity index (χ2n) is 5.21. The van der Waals surface area contributed by atoms with E-state index in [1.807, 2.05) is 0 Å². The quantitative estimate of drug-likeness (QED) is 0.334. The van der Waals surface area contributed by atoms with E-state index in [0.29, 0.717) is 0 Å². The first kappa shape index (κ1) is 23.0. The van der Waals surface area contributed by atoms with Crippen LogP contribution in [0.25, 0.3) is 21.5 Å². The molecule has 0 aromatic heterocycles. The zero-order valence-corrected chi connectivity index (χ0v) is 17.9. The average Bonchev–Trinajstić information content (AvgIpc) is 3.15. The number of hydrogen-bond acceptors (Lipinski definition) is 0. The van der Waals surface area contributed by atoms with E-state index in [-0.39, 0.29) is 24.8 Å². The molecule has 0 saturated heterocycles. The van der Waals surface area contributed by atoms with Crippen molar-refractivity contribution in [3.63, 3.8) is 0 Å². The molecule has 0 fully saturated rings. The maximum absolute atomic E-state index is 3.34. The number of halogens is 2. The zero-order valence-electron chi connectivity index (χ0n) is 13.9. The third kappa shape index (κ3) is 5.52. The smallest absolute Gasteiger partial charge is 1.00 e. The van der Waals surface area contributed by atoms with E-state index >= 15 is 0 Å². The van der Waals surface area contributed by atoms with E-state index in [1.54, 1.807) is 0 Å². The molecule has 0 saturated carbocycles. The molecule has 0 aliphatic carbocycles. The van der Waals surface area contributed by atoms with Crippen LogP contribution >= 0.6 is 0 Å². The number of aryl methyl sites for hydroxylation is 2. The fraction of sp³-hybridized carbons (Fsp3) is 0.0952. The Morgan fingerprint density at radius 2 is 1.00 bits per heavy atom. The summed E-state index contributed by atoms with van der Waals surface area (Å²) in [5.74, 6) is 0. The van der Waals surface area contributed by atoms with Gasteiger partial charge in [0.2, 0.25) is 0 Å². The minimum absolute atomic E-state index is 0. The Morgan fingerprint density at radius 3 is 1.33 bits per heavy atom. The Hall–Kier alpha value is -1.01. The normalized spacial score (nSPS) is 9.00. The number of fused-ring (bicyclic) bond motifs is 2. The molecule has 0 unspecified atom stereocenters. The molecular weight excluding hydrogens is 414 g/mol. The van der Waals surface area contributed by atoms with E-state index in [1.165, 1.54) is 56.9 Å². The van der Waals surface area contributed by atoms with Crippen molar-refractivity contribution >= 4 is 25.8 Å². The summed E-state index contributed by atoms with van der Waals surface area (Å²) in [5, 5.41) is 5.45. The molecule has 24 heavy (non-hydrogen) atoms. The SMILES string of the molecule is Cc1c[cH-]c2ccccc12.Cc1c[cH-]c2ccccc12.[CH2]=[Zr+2].[Cl-].[Cl-]. The van der Waals surface area contributed by atoms with Crippen LogP contribution in [0.15, 0.2) is 72.8 Å². The second-order valence-corrected chi connectivity index (χ2v) is 5.21. The Labute approximate surface area is 171 Å². The van der Waals surface area contributed by atoms with Gasteiger partial charge in [-0.1, -0.05) is 26.0 Å². The maximum atomic E-state index is 3.34. The molecule has 3 heteroatoms. The van der Waals surface area contributed by atoms with E-state index in [9.17, 15) is 0 Å². The Bertz CT molecular complexity index is 786. The molecular formula is C21H20Cl2Zr-2. The first-order valence-electron chi connectivity index (χ1n) is 7.33. The summed E-state index contributed by atoms with van der Waals surface area (Å²) in [4.78, 5) is 0. The standard InChI is InChI=1S/2C10H9.CH2.2ClH.Zr/c2*1-8-6-7-9-4-2-3-5-10(8)9;;;;/h2*2-7H,1H3;1H2;2*1H;/q2*-1;;;;+2/p-2. The van der Waals surface area contributed by atoms with Crippen LogP contribution in [-0.4, -0.2) is 4.21 Å². The van der Waals surface area contributed by atoms with Crippen LogP contribution in [0.3, 0.4) is 0 Å². The third-order valence-corrected chi connectivity index (χ3v) is 3.80. The summed E-state index contributed by atoms with van der Waals surface area (Å²) in [7, 11) is 0. The fourth-order valence-electron chi connectivity index (χ4n) is 2.61. The summed E-state index contributed by atoms with van der Waals surface area (Å²) < 4.78 is 3.34. The van der Waals surface area contributed by atoms with Gasteiger partial charge in [-0.3, -0.25) is 0 Å². The van der Waals surface area contributed by atoms with Crippen LogP contribution in [-0.2, 0) is 24.2 Å². The van der Waals surface area contributed by atoms with Crippen molar-refractivity contribution in [1.29, 1.82) is 0 Å². The Balaban J connectivity index is 0.000000372. The van der Waals surface area contributed by atoms with E-state index in [4.69, 9.17) is 0 Å². The molecule has 4 rings (SSSR count). The van der Waals surface area contributed by atoms with Gasteiger partial charge < -0.3 is 24.8 Å². The number of hydrogen-bond donors (Lipinski definition) is 0. The molecule has 0 radical (unpaired) electrons. The van der Waals surface area contributed by atoms with Crippen LogP contribution in [0, 0.1) is 13.8 Å². The van der Waals surface area contributed by atoms with Crippen LogP contribution in [0.4, 0.5) is 0 Å².